The van der Waals surface area contributed by atoms with E-state index in [-0.39, 0.29) is 11.2 Å². The van der Waals surface area contributed by atoms with Crippen LogP contribution in [0.15, 0.2) is 64.4 Å². The molecule has 0 N–H and O–H groups in total. The highest BCUT2D eigenvalue weighted by atomic mass is 32.2. The lowest BCUT2D eigenvalue weighted by Gasteiger charge is -2.09. The number of hydrogen-bond donors (Lipinski definition) is 0. The molecule has 0 aliphatic carbocycles. The Kier molecular flexibility index (Phi) is 4.01. The molecule has 3 rings (SSSR count). The highest BCUT2D eigenvalue weighted by molar-refractivity contribution is 7.99. The number of aryl methyl sites for hydroxylation is 1. The van der Waals surface area contributed by atoms with Gasteiger partial charge >= 0.3 is 0 Å². The summed E-state index contributed by atoms with van der Waals surface area (Å²) in [7, 11) is 0. The van der Waals surface area contributed by atoms with Gasteiger partial charge in [-0.25, -0.2) is 4.39 Å². The van der Waals surface area contributed by atoms with Gasteiger partial charge in [0.05, 0.1) is 18.3 Å². The zero-order chi connectivity index (χ0) is 14.7. The molecule has 106 valence electrons. The van der Waals surface area contributed by atoms with E-state index < -0.39 is 0 Å². The number of para-hydroxylation sites is 1. The van der Waals surface area contributed by atoms with E-state index in [0.717, 1.165) is 5.52 Å². The second-order valence-electron chi connectivity index (χ2n) is 4.53. The van der Waals surface area contributed by atoms with Gasteiger partial charge in [-0.05, 0) is 24.3 Å². The van der Waals surface area contributed by atoms with Crippen molar-refractivity contribution < 1.29 is 4.39 Å². The largest absolute Gasteiger partial charge is 0.287 e. The van der Waals surface area contributed by atoms with E-state index in [9.17, 15) is 9.18 Å². The Bertz CT molecular complexity index is 832. The topological polar surface area (TPSA) is 34.9 Å². The molecular weight excluding hydrogens is 287 g/mol. The molecule has 0 spiro atoms. The summed E-state index contributed by atoms with van der Waals surface area (Å²) in [5.74, 6) is 0.473. The van der Waals surface area contributed by atoms with E-state index in [1.165, 1.54) is 24.0 Å². The molecular formula is C16H13FN2OS. The van der Waals surface area contributed by atoms with Crippen LogP contribution in [0.1, 0.15) is 0 Å². The van der Waals surface area contributed by atoms with E-state index in [1.807, 2.05) is 24.3 Å². The summed E-state index contributed by atoms with van der Waals surface area (Å²) in [5, 5.41) is 4.81. The lowest BCUT2D eigenvalue weighted by molar-refractivity contribution is 0.601. The standard InChI is InChI=1S/C16H13FN2OS/c17-13-6-2-4-8-16(13)21-10-9-19-14-7-3-1-5-12(14)15(20)11-18-19/h1-8,11H,9-10H2. The third-order valence-electron chi connectivity index (χ3n) is 3.16. The molecule has 0 bridgehead atoms. The summed E-state index contributed by atoms with van der Waals surface area (Å²) in [6, 6.07) is 14.1. The van der Waals surface area contributed by atoms with Crippen LogP contribution >= 0.6 is 11.8 Å². The van der Waals surface area contributed by atoms with Crippen molar-refractivity contribution in [3.63, 3.8) is 0 Å². The second-order valence-corrected chi connectivity index (χ2v) is 5.66. The van der Waals surface area contributed by atoms with Crippen molar-refractivity contribution in [2.45, 2.75) is 11.4 Å². The molecule has 1 aromatic heterocycles. The summed E-state index contributed by atoms with van der Waals surface area (Å²) in [5.41, 5.74) is 0.725. The van der Waals surface area contributed by atoms with Gasteiger partial charge in [0, 0.05) is 16.0 Å². The van der Waals surface area contributed by atoms with Gasteiger partial charge < -0.3 is 0 Å². The van der Waals surface area contributed by atoms with E-state index in [4.69, 9.17) is 0 Å². The number of thioether (sulfide) groups is 1. The number of halogens is 1. The monoisotopic (exact) mass is 300 g/mol. The average molecular weight is 300 g/mol. The Morgan fingerprint density at radius 3 is 2.71 bits per heavy atom. The molecule has 0 aliphatic rings. The van der Waals surface area contributed by atoms with Crippen molar-refractivity contribution in [2.24, 2.45) is 0 Å². The van der Waals surface area contributed by atoms with E-state index >= 15 is 0 Å². The summed E-state index contributed by atoms with van der Waals surface area (Å²) in [6.07, 6.45) is 1.33. The number of nitrogens with zero attached hydrogens (tertiary/aromatic N) is 2. The fourth-order valence-electron chi connectivity index (χ4n) is 2.14. The van der Waals surface area contributed by atoms with Crippen molar-refractivity contribution >= 4 is 22.7 Å². The molecule has 0 radical (unpaired) electrons. The molecule has 0 amide bonds. The van der Waals surface area contributed by atoms with E-state index in [0.29, 0.717) is 22.6 Å². The smallest absolute Gasteiger partial charge is 0.207 e. The van der Waals surface area contributed by atoms with Gasteiger partial charge in [0.2, 0.25) is 5.43 Å². The molecule has 0 fully saturated rings. The lowest BCUT2D eigenvalue weighted by Crippen LogP contribution is -2.13. The molecule has 5 heteroatoms. The number of aromatic nitrogens is 2. The molecule has 0 saturated heterocycles. The summed E-state index contributed by atoms with van der Waals surface area (Å²) in [6.45, 7) is 0.611. The molecule has 2 aromatic carbocycles. The van der Waals surface area contributed by atoms with Gasteiger partial charge in [-0.2, -0.15) is 5.10 Å². The van der Waals surface area contributed by atoms with Crippen molar-refractivity contribution in [3.8, 4) is 0 Å². The molecule has 0 atom stereocenters. The summed E-state index contributed by atoms with van der Waals surface area (Å²) < 4.78 is 15.3. The molecule has 3 nitrogen and oxygen atoms in total. The molecule has 0 unspecified atom stereocenters. The van der Waals surface area contributed by atoms with Crippen molar-refractivity contribution in [1.82, 2.24) is 9.78 Å². The average Bonchev–Trinajstić information content (AvgIpc) is 2.52. The molecule has 21 heavy (non-hydrogen) atoms. The van der Waals surface area contributed by atoms with Gasteiger partial charge in [0.25, 0.3) is 0 Å². The number of fused-ring (bicyclic) bond motifs is 1. The Hall–Kier alpha value is -2.14. The minimum Gasteiger partial charge on any atom is -0.287 e. The lowest BCUT2D eigenvalue weighted by atomic mass is 10.2. The van der Waals surface area contributed by atoms with Crippen LogP contribution in [0.3, 0.4) is 0 Å². The van der Waals surface area contributed by atoms with E-state index in [1.54, 1.807) is 22.9 Å². The minimum atomic E-state index is -0.208. The zero-order valence-electron chi connectivity index (χ0n) is 11.2. The van der Waals surface area contributed by atoms with Crippen LogP contribution in [0.25, 0.3) is 10.9 Å². The number of benzene rings is 2. The van der Waals surface area contributed by atoms with Gasteiger partial charge in [0.15, 0.2) is 0 Å². The van der Waals surface area contributed by atoms with Crippen molar-refractivity contribution in [2.75, 3.05) is 5.75 Å². The number of rotatable bonds is 4. The SMILES string of the molecule is O=c1cnn(CCSc2ccccc2F)c2ccccc12. The predicted molar refractivity (Wildman–Crippen MR) is 83.1 cm³/mol. The quantitative estimate of drug-likeness (QED) is 0.693. The maximum atomic E-state index is 13.5. The van der Waals surface area contributed by atoms with Gasteiger partial charge in [-0.1, -0.05) is 24.3 Å². The maximum Gasteiger partial charge on any atom is 0.207 e. The zero-order valence-corrected chi connectivity index (χ0v) is 12.0. The van der Waals surface area contributed by atoms with Gasteiger partial charge in [-0.3, -0.25) is 9.48 Å². The van der Waals surface area contributed by atoms with Crippen LogP contribution < -0.4 is 5.43 Å². The first-order valence-electron chi connectivity index (χ1n) is 6.58. The molecule has 0 saturated carbocycles. The molecule has 3 aromatic rings. The van der Waals surface area contributed by atoms with Crippen LogP contribution in [0.5, 0.6) is 0 Å². The fraction of sp³-hybridized carbons (Fsp3) is 0.125. The fourth-order valence-corrected chi connectivity index (χ4v) is 3.01. The van der Waals surface area contributed by atoms with E-state index in [2.05, 4.69) is 5.10 Å². The van der Waals surface area contributed by atoms with Gasteiger partial charge in [-0.15, -0.1) is 11.8 Å². The number of hydrogen-bond acceptors (Lipinski definition) is 3. The third-order valence-corrected chi connectivity index (χ3v) is 4.19. The Morgan fingerprint density at radius 1 is 1.10 bits per heavy atom. The summed E-state index contributed by atoms with van der Waals surface area (Å²) >= 11 is 1.44. The Morgan fingerprint density at radius 2 is 1.86 bits per heavy atom. The van der Waals surface area contributed by atoms with Crippen molar-refractivity contribution in [1.29, 1.82) is 0 Å². The third kappa shape index (κ3) is 2.97. The van der Waals surface area contributed by atoms with Crippen LogP contribution in [0.2, 0.25) is 0 Å². The summed E-state index contributed by atoms with van der Waals surface area (Å²) in [4.78, 5) is 12.4. The first kappa shape index (κ1) is 13.8. The van der Waals surface area contributed by atoms with Crippen molar-refractivity contribution in [3.05, 3.63) is 70.8 Å². The normalized spacial score (nSPS) is 10.9. The van der Waals surface area contributed by atoms with Crippen LogP contribution in [-0.4, -0.2) is 15.5 Å². The predicted octanol–water partition coefficient (Wildman–Crippen LogP) is 3.33. The maximum absolute atomic E-state index is 13.5. The van der Waals surface area contributed by atoms with Crippen LogP contribution in [0, 0.1) is 5.82 Å². The second kappa shape index (κ2) is 6.10. The molecule has 0 aliphatic heterocycles. The van der Waals surface area contributed by atoms with Gasteiger partial charge in [0.1, 0.15) is 5.82 Å². The highest BCUT2D eigenvalue weighted by Gasteiger charge is 2.05. The van der Waals surface area contributed by atoms with Crippen LogP contribution in [0.4, 0.5) is 4.39 Å². The highest BCUT2D eigenvalue weighted by Crippen LogP contribution is 2.21. The Balaban J connectivity index is 1.79. The molecule has 1 heterocycles. The first-order valence-corrected chi connectivity index (χ1v) is 7.56. The first-order chi connectivity index (χ1) is 10.3. The van der Waals surface area contributed by atoms with Crippen LogP contribution in [-0.2, 0) is 6.54 Å². The Labute approximate surface area is 125 Å². The minimum absolute atomic E-state index is 0.0800.